The quantitative estimate of drug-likeness (QED) is 0.571. The van der Waals surface area contributed by atoms with Crippen molar-refractivity contribution in [1.82, 2.24) is 25.4 Å². The minimum Gasteiger partial charge on any atom is -0.360 e. The zero-order valence-corrected chi connectivity index (χ0v) is 17.7. The fourth-order valence-corrected chi connectivity index (χ4v) is 4.75. The van der Waals surface area contributed by atoms with Crippen LogP contribution in [0.15, 0.2) is 36.5 Å². The highest BCUT2D eigenvalue weighted by Gasteiger charge is 2.29. The van der Waals surface area contributed by atoms with Gasteiger partial charge >= 0.3 is 0 Å². The molecule has 8 nitrogen and oxygen atoms in total. The van der Waals surface area contributed by atoms with Gasteiger partial charge in [-0.15, -0.1) is 15.3 Å². The maximum Gasteiger partial charge on any atom is 0.231 e. The minimum atomic E-state index is -0.150. The first-order valence-electron chi connectivity index (χ1n) is 10.3. The van der Waals surface area contributed by atoms with E-state index in [1.807, 2.05) is 30.3 Å². The van der Waals surface area contributed by atoms with E-state index in [-0.39, 0.29) is 12.3 Å². The van der Waals surface area contributed by atoms with Gasteiger partial charge in [0.05, 0.1) is 12.1 Å². The molecule has 9 heteroatoms. The van der Waals surface area contributed by atoms with E-state index < -0.39 is 0 Å². The smallest absolute Gasteiger partial charge is 0.231 e. The van der Waals surface area contributed by atoms with E-state index in [1.54, 1.807) is 17.5 Å². The lowest BCUT2D eigenvalue weighted by Crippen LogP contribution is -2.16. The largest absolute Gasteiger partial charge is 0.360 e. The number of rotatable bonds is 8. The molecule has 3 aromatic rings. The molecule has 3 aromatic heterocycles. The van der Waals surface area contributed by atoms with Gasteiger partial charge in [-0.3, -0.25) is 9.78 Å². The lowest BCUT2D eigenvalue weighted by molar-refractivity contribution is -0.115. The first-order valence-corrected chi connectivity index (χ1v) is 11.1. The molecule has 30 heavy (non-hydrogen) atoms. The Balaban J connectivity index is 1.27. The SMILES string of the molecule is CCNc1nnc([C@@H]2CC[C@H](Cc3ccc(NC(=O)Cc4ccccn4)nn3)C2)s1. The van der Waals surface area contributed by atoms with Crippen LogP contribution in [0.3, 0.4) is 0 Å². The van der Waals surface area contributed by atoms with E-state index in [4.69, 9.17) is 0 Å². The summed E-state index contributed by atoms with van der Waals surface area (Å²) in [6, 6.07) is 9.28. The van der Waals surface area contributed by atoms with Crippen LogP contribution in [0, 0.1) is 5.92 Å². The maximum atomic E-state index is 12.1. The van der Waals surface area contributed by atoms with Crippen molar-refractivity contribution in [1.29, 1.82) is 0 Å². The molecule has 0 bridgehead atoms. The van der Waals surface area contributed by atoms with Gasteiger partial charge in [-0.05, 0) is 62.8 Å². The molecule has 2 atom stereocenters. The van der Waals surface area contributed by atoms with E-state index >= 15 is 0 Å². The summed E-state index contributed by atoms with van der Waals surface area (Å²) in [5.41, 5.74) is 1.68. The first-order chi connectivity index (χ1) is 14.7. The fraction of sp³-hybridized carbons (Fsp3) is 0.429. The van der Waals surface area contributed by atoms with Gasteiger partial charge in [-0.2, -0.15) is 5.10 Å². The van der Waals surface area contributed by atoms with Crippen molar-refractivity contribution in [3.05, 3.63) is 52.9 Å². The molecule has 0 unspecified atom stereocenters. The number of pyridine rings is 1. The van der Waals surface area contributed by atoms with E-state index in [9.17, 15) is 4.79 Å². The summed E-state index contributed by atoms with van der Waals surface area (Å²) in [5.74, 6) is 1.37. The van der Waals surface area contributed by atoms with Crippen molar-refractivity contribution in [3.8, 4) is 0 Å². The zero-order valence-electron chi connectivity index (χ0n) is 16.9. The molecule has 1 fully saturated rings. The van der Waals surface area contributed by atoms with Crippen molar-refractivity contribution in [2.24, 2.45) is 5.92 Å². The summed E-state index contributed by atoms with van der Waals surface area (Å²) >= 11 is 1.67. The van der Waals surface area contributed by atoms with Gasteiger partial charge in [-0.25, -0.2) is 0 Å². The molecule has 1 saturated carbocycles. The van der Waals surface area contributed by atoms with Crippen LogP contribution in [-0.2, 0) is 17.6 Å². The molecule has 156 valence electrons. The molecule has 0 aromatic carbocycles. The number of nitrogens with one attached hydrogen (secondary N) is 2. The minimum absolute atomic E-state index is 0.150. The molecule has 1 aliphatic rings. The number of aromatic nitrogens is 5. The van der Waals surface area contributed by atoms with Crippen LogP contribution in [0.2, 0.25) is 0 Å². The Bertz CT molecular complexity index is 961. The molecule has 0 spiro atoms. The summed E-state index contributed by atoms with van der Waals surface area (Å²) < 4.78 is 0. The number of hydrogen-bond donors (Lipinski definition) is 2. The molecule has 2 N–H and O–H groups in total. The average molecular weight is 424 g/mol. The van der Waals surface area contributed by atoms with Crippen molar-refractivity contribution in [3.63, 3.8) is 0 Å². The molecule has 3 heterocycles. The zero-order chi connectivity index (χ0) is 20.8. The van der Waals surface area contributed by atoms with Crippen LogP contribution in [0.4, 0.5) is 10.9 Å². The highest BCUT2D eigenvalue weighted by molar-refractivity contribution is 7.15. The van der Waals surface area contributed by atoms with Gasteiger partial charge in [0, 0.05) is 24.4 Å². The molecule has 0 aliphatic heterocycles. The normalized spacial score (nSPS) is 18.3. The lowest BCUT2D eigenvalue weighted by atomic mass is 10.00. The number of amides is 1. The molecule has 4 rings (SSSR count). The highest BCUT2D eigenvalue weighted by atomic mass is 32.1. The van der Waals surface area contributed by atoms with Gasteiger partial charge in [-0.1, -0.05) is 17.4 Å². The van der Waals surface area contributed by atoms with E-state index in [0.717, 1.165) is 53.8 Å². The summed E-state index contributed by atoms with van der Waals surface area (Å²) in [4.78, 5) is 16.3. The third kappa shape index (κ3) is 5.35. The molecule has 1 amide bonds. The number of anilines is 2. The molecule has 1 aliphatic carbocycles. The molecular formula is C21H25N7OS. The Labute approximate surface area is 179 Å². The van der Waals surface area contributed by atoms with Gasteiger partial charge in [0.2, 0.25) is 11.0 Å². The van der Waals surface area contributed by atoms with Crippen molar-refractivity contribution in [2.75, 3.05) is 17.2 Å². The van der Waals surface area contributed by atoms with Gasteiger partial charge < -0.3 is 10.6 Å². The third-order valence-electron chi connectivity index (χ3n) is 5.21. The summed E-state index contributed by atoms with van der Waals surface area (Å²) in [5, 5.41) is 25.1. The standard InChI is InChI=1S/C21H25N7OS/c1-2-22-21-28-27-20(30-21)15-7-6-14(11-15)12-17-8-9-18(26-25-17)24-19(29)13-16-5-3-4-10-23-16/h3-5,8-10,14-15H,2,6-7,11-13H2,1H3,(H,22,28)(H,24,26,29)/t14-,15+/m0/s1. The third-order valence-corrected chi connectivity index (χ3v) is 6.26. The lowest BCUT2D eigenvalue weighted by Gasteiger charge is -2.09. The van der Waals surface area contributed by atoms with E-state index in [2.05, 4.69) is 42.9 Å². The summed E-state index contributed by atoms with van der Waals surface area (Å²) in [6.45, 7) is 2.92. The topological polar surface area (TPSA) is 106 Å². The summed E-state index contributed by atoms with van der Waals surface area (Å²) in [7, 11) is 0. The Morgan fingerprint density at radius 3 is 2.80 bits per heavy atom. The Hall–Kier alpha value is -2.94. The highest BCUT2D eigenvalue weighted by Crippen LogP contribution is 2.41. The van der Waals surface area contributed by atoms with Crippen LogP contribution < -0.4 is 10.6 Å². The number of hydrogen-bond acceptors (Lipinski definition) is 8. The van der Waals surface area contributed by atoms with Crippen LogP contribution in [0.1, 0.15) is 48.5 Å². The Morgan fingerprint density at radius 1 is 1.10 bits per heavy atom. The molecule has 0 radical (unpaired) electrons. The second-order valence-electron chi connectivity index (χ2n) is 7.51. The predicted molar refractivity (Wildman–Crippen MR) is 116 cm³/mol. The number of carbonyl (C=O) groups excluding carboxylic acids is 1. The van der Waals surface area contributed by atoms with E-state index in [1.165, 1.54) is 0 Å². The number of carbonyl (C=O) groups is 1. The molecule has 0 saturated heterocycles. The van der Waals surface area contributed by atoms with Gasteiger partial charge in [0.25, 0.3) is 0 Å². The predicted octanol–water partition coefficient (Wildman–Crippen LogP) is 3.46. The van der Waals surface area contributed by atoms with Gasteiger partial charge in [0.15, 0.2) is 5.82 Å². The molecular weight excluding hydrogens is 398 g/mol. The summed E-state index contributed by atoms with van der Waals surface area (Å²) in [6.07, 6.45) is 6.19. The maximum absolute atomic E-state index is 12.1. The van der Waals surface area contributed by atoms with Crippen molar-refractivity contribution >= 4 is 28.2 Å². The Morgan fingerprint density at radius 2 is 2.03 bits per heavy atom. The number of nitrogens with zero attached hydrogens (tertiary/aromatic N) is 5. The van der Waals surface area contributed by atoms with Crippen LogP contribution in [0.25, 0.3) is 0 Å². The average Bonchev–Trinajstić information content (AvgIpc) is 3.40. The Kier molecular flexibility index (Phi) is 6.58. The van der Waals surface area contributed by atoms with Crippen LogP contribution in [-0.4, -0.2) is 37.8 Å². The van der Waals surface area contributed by atoms with Crippen LogP contribution >= 0.6 is 11.3 Å². The van der Waals surface area contributed by atoms with Crippen LogP contribution in [0.5, 0.6) is 0 Å². The van der Waals surface area contributed by atoms with Crippen molar-refractivity contribution < 1.29 is 4.79 Å². The fourth-order valence-electron chi connectivity index (χ4n) is 3.79. The monoisotopic (exact) mass is 423 g/mol. The second kappa shape index (κ2) is 9.71. The van der Waals surface area contributed by atoms with Crippen molar-refractivity contribution in [2.45, 2.75) is 44.9 Å². The van der Waals surface area contributed by atoms with Gasteiger partial charge in [0.1, 0.15) is 5.01 Å². The second-order valence-corrected chi connectivity index (χ2v) is 8.52. The first kappa shape index (κ1) is 20.3. The van der Waals surface area contributed by atoms with E-state index in [0.29, 0.717) is 17.7 Å².